The molecule has 0 aromatic carbocycles. The molecule has 2 aliphatic rings. The van der Waals surface area contributed by atoms with E-state index in [0.717, 1.165) is 25.1 Å². The predicted molar refractivity (Wildman–Crippen MR) is 71.0 cm³/mol. The van der Waals surface area contributed by atoms with Crippen LogP contribution in [-0.2, 0) is 4.74 Å². The Bertz CT molecular complexity index is 230. The van der Waals surface area contributed by atoms with Gasteiger partial charge in [0.25, 0.3) is 0 Å². The molecular weight excluding hydrogens is 212 g/mol. The number of ether oxygens (including phenoxy) is 1. The molecule has 3 unspecified atom stereocenters. The van der Waals surface area contributed by atoms with Gasteiger partial charge in [0.05, 0.1) is 6.61 Å². The second kappa shape index (κ2) is 6.17. The number of nitrogens with zero attached hydrogens (tertiary/aromatic N) is 1. The maximum atomic E-state index is 6.19. The van der Waals surface area contributed by atoms with Crippen molar-refractivity contribution in [1.82, 2.24) is 4.90 Å². The van der Waals surface area contributed by atoms with Crippen molar-refractivity contribution < 1.29 is 4.74 Å². The van der Waals surface area contributed by atoms with Gasteiger partial charge in [0, 0.05) is 32.3 Å². The third kappa shape index (κ3) is 3.67. The summed E-state index contributed by atoms with van der Waals surface area (Å²) in [6.07, 6.45) is 6.70. The van der Waals surface area contributed by atoms with Gasteiger partial charge < -0.3 is 10.5 Å². The summed E-state index contributed by atoms with van der Waals surface area (Å²) in [5, 5.41) is 0. The van der Waals surface area contributed by atoms with Crippen LogP contribution in [0.3, 0.4) is 0 Å². The number of nitrogens with two attached hydrogens (primary N) is 1. The fraction of sp³-hybridized carbons (Fsp3) is 1.00. The van der Waals surface area contributed by atoms with Crippen LogP contribution in [0.25, 0.3) is 0 Å². The molecule has 0 aliphatic heterocycles. The molecule has 100 valence electrons. The quantitative estimate of drug-likeness (QED) is 0.738. The Morgan fingerprint density at radius 2 is 2.06 bits per heavy atom. The van der Waals surface area contributed by atoms with Gasteiger partial charge in [-0.2, -0.15) is 0 Å². The molecule has 0 heterocycles. The molecule has 0 bridgehead atoms. The molecule has 2 N–H and O–H groups in total. The standard InChI is InChI=1S/C14H28N2O/c1-11(12-6-7-12)16(8-9-17-2)10-13-4-3-5-14(13)15/h11-14H,3-10,15H2,1-2H3. The molecule has 2 aliphatic carbocycles. The largest absolute Gasteiger partial charge is 0.383 e. The molecule has 0 amide bonds. The van der Waals surface area contributed by atoms with Crippen LogP contribution in [0.4, 0.5) is 0 Å². The number of methoxy groups -OCH3 is 1. The van der Waals surface area contributed by atoms with Gasteiger partial charge in [-0.1, -0.05) is 6.42 Å². The monoisotopic (exact) mass is 240 g/mol. The van der Waals surface area contributed by atoms with Crippen molar-refractivity contribution in [2.24, 2.45) is 17.6 Å². The average Bonchev–Trinajstić information content (AvgIpc) is 3.09. The van der Waals surface area contributed by atoms with Gasteiger partial charge in [-0.15, -0.1) is 0 Å². The smallest absolute Gasteiger partial charge is 0.0589 e. The summed E-state index contributed by atoms with van der Waals surface area (Å²) in [5.74, 6) is 1.65. The molecular formula is C14H28N2O. The molecule has 3 nitrogen and oxygen atoms in total. The van der Waals surface area contributed by atoms with Crippen LogP contribution < -0.4 is 5.73 Å². The molecule has 2 fully saturated rings. The Morgan fingerprint density at radius 1 is 1.29 bits per heavy atom. The zero-order valence-corrected chi connectivity index (χ0v) is 11.4. The molecule has 0 aromatic heterocycles. The molecule has 17 heavy (non-hydrogen) atoms. The van der Waals surface area contributed by atoms with Gasteiger partial charge >= 0.3 is 0 Å². The molecule has 0 spiro atoms. The zero-order chi connectivity index (χ0) is 12.3. The van der Waals surface area contributed by atoms with Gasteiger partial charge in [-0.3, -0.25) is 4.90 Å². The van der Waals surface area contributed by atoms with E-state index in [9.17, 15) is 0 Å². The lowest BCUT2D eigenvalue weighted by atomic mass is 10.0. The second-order valence-corrected chi connectivity index (χ2v) is 5.92. The summed E-state index contributed by atoms with van der Waals surface area (Å²) in [5.41, 5.74) is 6.19. The van der Waals surface area contributed by atoms with Crippen LogP contribution in [0.5, 0.6) is 0 Å². The lowest BCUT2D eigenvalue weighted by Crippen LogP contribution is -2.43. The minimum absolute atomic E-state index is 0.437. The van der Waals surface area contributed by atoms with Gasteiger partial charge in [0.2, 0.25) is 0 Å². The van der Waals surface area contributed by atoms with Crippen molar-refractivity contribution in [3.63, 3.8) is 0 Å². The molecule has 0 aromatic rings. The van der Waals surface area contributed by atoms with Crippen molar-refractivity contribution >= 4 is 0 Å². The van der Waals surface area contributed by atoms with E-state index in [1.165, 1.54) is 38.6 Å². The van der Waals surface area contributed by atoms with Crippen LogP contribution in [-0.4, -0.2) is 43.8 Å². The fourth-order valence-corrected chi connectivity index (χ4v) is 3.14. The summed E-state index contributed by atoms with van der Waals surface area (Å²) < 4.78 is 5.24. The Hall–Kier alpha value is -0.120. The lowest BCUT2D eigenvalue weighted by Gasteiger charge is -2.32. The highest BCUT2D eigenvalue weighted by Crippen LogP contribution is 2.36. The van der Waals surface area contributed by atoms with E-state index in [1.54, 1.807) is 7.11 Å². The SMILES string of the molecule is COCCN(CC1CCCC1N)C(C)C1CC1. The lowest BCUT2D eigenvalue weighted by molar-refractivity contribution is 0.101. The van der Waals surface area contributed by atoms with Crippen molar-refractivity contribution in [3.05, 3.63) is 0 Å². The third-order valence-corrected chi connectivity index (χ3v) is 4.65. The van der Waals surface area contributed by atoms with E-state index < -0.39 is 0 Å². The first-order chi connectivity index (χ1) is 8.22. The van der Waals surface area contributed by atoms with E-state index in [2.05, 4.69) is 11.8 Å². The van der Waals surface area contributed by atoms with Crippen LogP contribution in [0.2, 0.25) is 0 Å². The Kier molecular flexibility index (Phi) is 4.83. The van der Waals surface area contributed by atoms with E-state index >= 15 is 0 Å². The van der Waals surface area contributed by atoms with Gasteiger partial charge in [0.15, 0.2) is 0 Å². The van der Waals surface area contributed by atoms with Gasteiger partial charge in [0.1, 0.15) is 0 Å². The highest BCUT2D eigenvalue weighted by atomic mass is 16.5. The van der Waals surface area contributed by atoms with Gasteiger partial charge in [-0.25, -0.2) is 0 Å². The minimum Gasteiger partial charge on any atom is -0.383 e. The number of hydrogen-bond donors (Lipinski definition) is 1. The van der Waals surface area contributed by atoms with Crippen molar-refractivity contribution in [2.75, 3.05) is 26.8 Å². The average molecular weight is 240 g/mol. The molecule has 0 saturated heterocycles. The second-order valence-electron chi connectivity index (χ2n) is 5.92. The normalized spacial score (nSPS) is 31.1. The summed E-state index contributed by atoms with van der Waals surface area (Å²) in [6.45, 7) is 5.48. The molecule has 0 radical (unpaired) electrons. The van der Waals surface area contributed by atoms with Crippen molar-refractivity contribution in [1.29, 1.82) is 0 Å². The van der Waals surface area contributed by atoms with Crippen molar-refractivity contribution in [3.8, 4) is 0 Å². The van der Waals surface area contributed by atoms with Crippen LogP contribution in [0, 0.1) is 11.8 Å². The first-order valence-corrected chi connectivity index (χ1v) is 7.21. The fourth-order valence-electron chi connectivity index (χ4n) is 3.14. The van der Waals surface area contributed by atoms with Crippen LogP contribution >= 0.6 is 0 Å². The predicted octanol–water partition coefficient (Wildman–Crippen LogP) is 1.86. The number of hydrogen-bond acceptors (Lipinski definition) is 3. The number of rotatable bonds is 7. The first kappa shape index (κ1) is 13.3. The van der Waals surface area contributed by atoms with Crippen LogP contribution in [0.15, 0.2) is 0 Å². The van der Waals surface area contributed by atoms with Crippen molar-refractivity contribution in [2.45, 2.75) is 51.1 Å². The minimum atomic E-state index is 0.437. The summed E-state index contributed by atoms with van der Waals surface area (Å²) in [6, 6.07) is 1.16. The summed E-state index contributed by atoms with van der Waals surface area (Å²) in [4.78, 5) is 2.62. The van der Waals surface area contributed by atoms with E-state index in [-0.39, 0.29) is 0 Å². The highest BCUT2D eigenvalue weighted by molar-refractivity contribution is 4.89. The first-order valence-electron chi connectivity index (χ1n) is 7.21. The topological polar surface area (TPSA) is 38.5 Å². The summed E-state index contributed by atoms with van der Waals surface area (Å²) in [7, 11) is 1.79. The maximum absolute atomic E-state index is 6.19. The van der Waals surface area contributed by atoms with Crippen LogP contribution in [0.1, 0.15) is 39.0 Å². The summed E-state index contributed by atoms with van der Waals surface area (Å²) >= 11 is 0. The van der Waals surface area contributed by atoms with E-state index in [0.29, 0.717) is 12.0 Å². The highest BCUT2D eigenvalue weighted by Gasteiger charge is 2.34. The maximum Gasteiger partial charge on any atom is 0.0589 e. The Labute approximate surface area is 106 Å². The molecule has 2 rings (SSSR count). The van der Waals surface area contributed by atoms with Gasteiger partial charge in [-0.05, 0) is 44.4 Å². The van der Waals surface area contributed by atoms with E-state index in [4.69, 9.17) is 10.5 Å². The Morgan fingerprint density at radius 3 is 2.59 bits per heavy atom. The van der Waals surface area contributed by atoms with E-state index in [1.807, 2.05) is 0 Å². The third-order valence-electron chi connectivity index (χ3n) is 4.65. The Balaban J connectivity index is 1.84. The molecule has 3 heteroatoms. The molecule has 2 saturated carbocycles. The zero-order valence-electron chi connectivity index (χ0n) is 11.4. The molecule has 3 atom stereocenters.